The van der Waals surface area contributed by atoms with Crippen LogP contribution in [0.15, 0.2) is 24.5 Å². The lowest BCUT2D eigenvalue weighted by Crippen LogP contribution is -2.21. The van der Waals surface area contributed by atoms with Gasteiger partial charge in [-0.05, 0) is 13.1 Å². The fourth-order valence-corrected chi connectivity index (χ4v) is 2.16. The maximum Gasteiger partial charge on any atom is 0.138 e. The zero-order valence-corrected chi connectivity index (χ0v) is 12.3. The molecule has 6 heteroatoms. The zero-order chi connectivity index (χ0) is 14.5. The van der Waals surface area contributed by atoms with Gasteiger partial charge in [-0.1, -0.05) is 6.07 Å². The number of nitrogens with zero attached hydrogens (tertiary/aromatic N) is 3. The molecule has 108 valence electrons. The predicted molar refractivity (Wildman–Crippen MR) is 76.1 cm³/mol. The molecule has 0 bridgehead atoms. The molecule has 0 aliphatic carbocycles. The molecule has 6 nitrogen and oxygen atoms in total. The van der Waals surface area contributed by atoms with Crippen molar-refractivity contribution in [3.05, 3.63) is 35.9 Å². The minimum atomic E-state index is 0.0961. The van der Waals surface area contributed by atoms with Gasteiger partial charge in [-0.15, -0.1) is 0 Å². The van der Waals surface area contributed by atoms with E-state index >= 15 is 0 Å². The molecule has 0 amide bonds. The van der Waals surface area contributed by atoms with Crippen LogP contribution in [0.5, 0.6) is 11.5 Å². The average Bonchev–Trinajstić information content (AvgIpc) is 2.89. The highest BCUT2D eigenvalue weighted by molar-refractivity contribution is 5.42. The van der Waals surface area contributed by atoms with Crippen molar-refractivity contribution in [2.24, 2.45) is 7.05 Å². The third-order valence-corrected chi connectivity index (χ3v) is 3.36. The third-order valence-electron chi connectivity index (χ3n) is 3.36. The van der Waals surface area contributed by atoms with Crippen LogP contribution >= 0.6 is 0 Å². The summed E-state index contributed by atoms with van der Waals surface area (Å²) in [6.45, 7) is 0. The van der Waals surface area contributed by atoms with Crippen molar-refractivity contribution in [1.82, 2.24) is 20.1 Å². The van der Waals surface area contributed by atoms with E-state index in [-0.39, 0.29) is 6.04 Å². The van der Waals surface area contributed by atoms with Crippen LogP contribution in [0.4, 0.5) is 0 Å². The van der Waals surface area contributed by atoms with Crippen molar-refractivity contribution in [2.75, 3.05) is 21.3 Å². The van der Waals surface area contributed by atoms with Gasteiger partial charge in [0.15, 0.2) is 0 Å². The summed E-state index contributed by atoms with van der Waals surface area (Å²) in [6, 6.07) is 5.92. The van der Waals surface area contributed by atoms with Crippen LogP contribution in [0.25, 0.3) is 0 Å². The minimum absolute atomic E-state index is 0.0961. The molecule has 0 saturated carbocycles. The highest BCUT2D eigenvalue weighted by Crippen LogP contribution is 2.30. The fraction of sp³-hybridized carbons (Fsp3) is 0.429. The van der Waals surface area contributed by atoms with Gasteiger partial charge in [0.2, 0.25) is 0 Å². The monoisotopic (exact) mass is 276 g/mol. The number of ether oxygens (including phenoxy) is 2. The number of rotatable bonds is 6. The Morgan fingerprint density at radius 1 is 1.30 bits per heavy atom. The van der Waals surface area contributed by atoms with Gasteiger partial charge in [-0.25, -0.2) is 4.98 Å². The van der Waals surface area contributed by atoms with Gasteiger partial charge in [0.25, 0.3) is 0 Å². The van der Waals surface area contributed by atoms with Gasteiger partial charge in [0.1, 0.15) is 23.7 Å². The largest absolute Gasteiger partial charge is 0.497 e. The van der Waals surface area contributed by atoms with Crippen molar-refractivity contribution in [3.8, 4) is 11.5 Å². The summed E-state index contributed by atoms with van der Waals surface area (Å²) in [5.41, 5.74) is 1.07. The molecular formula is C14H20N4O2. The summed E-state index contributed by atoms with van der Waals surface area (Å²) in [6.07, 6.45) is 2.29. The van der Waals surface area contributed by atoms with Crippen molar-refractivity contribution in [3.63, 3.8) is 0 Å². The van der Waals surface area contributed by atoms with Gasteiger partial charge in [0, 0.05) is 31.1 Å². The average molecular weight is 276 g/mol. The minimum Gasteiger partial charge on any atom is -0.497 e. The Morgan fingerprint density at radius 2 is 2.10 bits per heavy atom. The Labute approximate surface area is 118 Å². The van der Waals surface area contributed by atoms with Crippen LogP contribution in [0.2, 0.25) is 0 Å². The summed E-state index contributed by atoms with van der Waals surface area (Å²) in [5, 5.41) is 7.39. The van der Waals surface area contributed by atoms with Crippen molar-refractivity contribution in [2.45, 2.75) is 12.5 Å². The second-order valence-corrected chi connectivity index (χ2v) is 4.45. The van der Waals surface area contributed by atoms with Crippen LogP contribution < -0.4 is 14.8 Å². The number of likely N-dealkylation sites (N-methyl/N-ethyl adjacent to an activating group) is 1. The van der Waals surface area contributed by atoms with E-state index in [1.807, 2.05) is 32.3 Å². The van der Waals surface area contributed by atoms with E-state index in [4.69, 9.17) is 9.47 Å². The first-order valence-corrected chi connectivity index (χ1v) is 6.41. The van der Waals surface area contributed by atoms with Crippen LogP contribution in [0, 0.1) is 0 Å². The van der Waals surface area contributed by atoms with E-state index in [2.05, 4.69) is 15.4 Å². The van der Waals surface area contributed by atoms with Crippen molar-refractivity contribution in [1.29, 1.82) is 0 Å². The van der Waals surface area contributed by atoms with E-state index in [0.29, 0.717) is 0 Å². The maximum atomic E-state index is 5.46. The van der Waals surface area contributed by atoms with E-state index in [0.717, 1.165) is 29.3 Å². The van der Waals surface area contributed by atoms with Crippen LogP contribution in [-0.2, 0) is 13.5 Å². The van der Waals surface area contributed by atoms with E-state index in [9.17, 15) is 0 Å². The number of nitrogens with one attached hydrogen (secondary N) is 1. The number of methoxy groups -OCH3 is 2. The highest BCUT2D eigenvalue weighted by atomic mass is 16.5. The van der Waals surface area contributed by atoms with Crippen LogP contribution in [-0.4, -0.2) is 36.0 Å². The third kappa shape index (κ3) is 2.91. The molecule has 1 aromatic heterocycles. The van der Waals surface area contributed by atoms with E-state index in [1.54, 1.807) is 25.2 Å². The molecule has 0 saturated heterocycles. The Bertz CT molecular complexity index is 568. The highest BCUT2D eigenvalue weighted by Gasteiger charge is 2.18. The maximum absolute atomic E-state index is 5.46. The summed E-state index contributed by atoms with van der Waals surface area (Å²) >= 11 is 0. The molecule has 20 heavy (non-hydrogen) atoms. The summed E-state index contributed by atoms with van der Waals surface area (Å²) in [5.74, 6) is 2.49. The quantitative estimate of drug-likeness (QED) is 0.862. The number of aryl methyl sites for hydroxylation is 1. The second kappa shape index (κ2) is 6.38. The van der Waals surface area contributed by atoms with Crippen LogP contribution in [0.1, 0.15) is 17.4 Å². The molecule has 1 N–H and O–H groups in total. The Morgan fingerprint density at radius 3 is 2.65 bits per heavy atom. The number of hydrogen-bond acceptors (Lipinski definition) is 5. The molecule has 1 heterocycles. The standard InChI is InChI=1S/C14H20N4O2/c1-15-12(8-14-16-9-17-18(14)2)11-6-5-10(19-3)7-13(11)20-4/h5-7,9,12,15H,8H2,1-4H3. The second-order valence-electron chi connectivity index (χ2n) is 4.45. The van der Waals surface area contributed by atoms with E-state index < -0.39 is 0 Å². The lowest BCUT2D eigenvalue weighted by atomic mass is 10.0. The molecular weight excluding hydrogens is 256 g/mol. The zero-order valence-electron chi connectivity index (χ0n) is 12.3. The molecule has 0 spiro atoms. The molecule has 1 atom stereocenters. The SMILES string of the molecule is CNC(Cc1ncnn1C)c1ccc(OC)cc1OC. The lowest BCUT2D eigenvalue weighted by molar-refractivity contribution is 0.385. The lowest BCUT2D eigenvalue weighted by Gasteiger charge is -2.19. The molecule has 1 aromatic carbocycles. The number of benzene rings is 1. The number of hydrogen-bond donors (Lipinski definition) is 1. The molecule has 1 unspecified atom stereocenters. The summed E-state index contributed by atoms with van der Waals surface area (Å²) in [4.78, 5) is 4.26. The topological polar surface area (TPSA) is 61.2 Å². The van der Waals surface area contributed by atoms with Crippen LogP contribution in [0.3, 0.4) is 0 Å². The first-order chi connectivity index (χ1) is 9.69. The van der Waals surface area contributed by atoms with Crippen molar-refractivity contribution >= 4 is 0 Å². The molecule has 0 radical (unpaired) electrons. The van der Waals surface area contributed by atoms with Gasteiger partial charge in [-0.2, -0.15) is 5.10 Å². The predicted octanol–water partition coefficient (Wildman–Crippen LogP) is 1.34. The van der Waals surface area contributed by atoms with Gasteiger partial charge in [0.05, 0.1) is 14.2 Å². The van der Waals surface area contributed by atoms with E-state index in [1.165, 1.54) is 0 Å². The molecule has 0 aliphatic heterocycles. The van der Waals surface area contributed by atoms with Gasteiger partial charge >= 0.3 is 0 Å². The molecule has 0 aliphatic rings. The first kappa shape index (κ1) is 14.3. The number of aromatic nitrogens is 3. The Balaban J connectivity index is 2.29. The molecule has 2 aromatic rings. The summed E-state index contributed by atoms with van der Waals surface area (Å²) in [7, 11) is 7.11. The van der Waals surface area contributed by atoms with Gasteiger partial charge in [-0.3, -0.25) is 4.68 Å². The van der Waals surface area contributed by atoms with Crippen molar-refractivity contribution < 1.29 is 9.47 Å². The summed E-state index contributed by atoms with van der Waals surface area (Å²) < 4.78 is 12.5. The molecule has 0 fully saturated rings. The van der Waals surface area contributed by atoms with Gasteiger partial charge < -0.3 is 14.8 Å². The fourth-order valence-electron chi connectivity index (χ4n) is 2.16. The smallest absolute Gasteiger partial charge is 0.138 e. The Hall–Kier alpha value is -2.08. The molecule has 2 rings (SSSR count). The Kier molecular flexibility index (Phi) is 4.57. The normalized spacial score (nSPS) is 12.2. The first-order valence-electron chi connectivity index (χ1n) is 6.41.